The predicted octanol–water partition coefficient (Wildman–Crippen LogP) is 3.20. The van der Waals surface area contributed by atoms with E-state index in [0.717, 1.165) is 29.7 Å². The van der Waals surface area contributed by atoms with Crippen molar-refractivity contribution in [3.63, 3.8) is 0 Å². The Balaban J connectivity index is 2.00. The average Bonchev–Trinajstić information content (AvgIpc) is 2.51. The summed E-state index contributed by atoms with van der Waals surface area (Å²) in [6.07, 6.45) is 7.19. The Kier molecular flexibility index (Phi) is 3.59. The lowest BCUT2D eigenvalue weighted by atomic mass is 9.80. The van der Waals surface area contributed by atoms with Crippen molar-refractivity contribution in [3.05, 3.63) is 42.0 Å². The van der Waals surface area contributed by atoms with Gasteiger partial charge >= 0.3 is 5.91 Å². The van der Waals surface area contributed by atoms with E-state index in [1.807, 2.05) is 30.3 Å². The number of carbonyl (C=O) groups is 2. The molecular weight excluding hydrogens is 250 g/mol. The summed E-state index contributed by atoms with van der Waals surface area (Å²) < 4.78 is 0. The molecule has 1 saturated carbocycles. The van der Waals surface area contributed by atoms with Gasteiger partial charge in [-0.2, -0.15) is 0 Å². The van der Waals surface area contributed by atoms with Crippen LogP contribution in [0.5, 0.6) is 0 Å². The molecule has 20 heavy (non-hydrogen) atoms. The molecule has 0 N–H and O–H groups in total. The van der Waals surface area contributed by atoms with E-state index in [2.05, 4.69) is 4.99 Å². The van der Waals surface area contributed by atoms with Crippen LogP contribution in [-0.2, 0) is 9.59 Å². The van der Waals surface area contributed by atoms with Gasteiger partial charge in [0.25, 0.3) is 0 Å². The number of allylic oxidation sites excluding steroid dienone is 1. The standard InChI is InChI=1S/C17H17NO2/c19-15-11-14(12-7-3-1-4-8-12)16(18-17(15)20)13-9-5-2-6-10-13/h1,3-4,7-8,11,13H,2,5-6,9-10H2. The fourth-order valence-electron chi connectivity index (χ4n) is 3.03. The zero-order valence-electron chi connectivity index (χ0n) is 11.3. The van der Waals surface area contributed by atoms with Crippen molar-refractivity contribution in [3.8, 4) is 0 Å². The van der Waals surface area contributed by atoms with Gasteiger partial charge in [-0.15, -0.1) is 0 Å². The minimum atomic E-state index is -0.620. The van der Waals surface area contributed by atoms with Crippen LogP contribution in [0, 0.1) is 5.92 Å². The number of carbonyl (C=O) groups excluding carboxylic acids is 2. The molecule has 3 rings (SSSR count). The molecule has 0 saturated heterocycles. The number of hydrogen-bond acceptors (Lipinski definition) is 2. The number of aliphatic imine (C=N–C) groups is 1. The molecule has 1 aliphatic carbocycles. The molecule has 102 valence electrons. The second kappa shape index (κ2) is 5.53. The van der Waals surface area contributed by atoms with Gasteiger partial charge in [-0.05, 0) is 18.4 Å². The molecule has 1 amide bonds. The lowest BCUT2D eigenvalue weighted by Crippen LogP contribution is -2.26. The number of amides is 1. The third kappa shape index (κ3) is 2.48. The van der Waals surface area contributed by atoms with Gasteiger partial charge in [-0.3, -0.25) is 9.59 Å². The highest BCUT2D eigenvalue weighted by Crippen LogP contribution is 2.32. The van der Waals surface area contributed by atoms with Crippen molar-refractivity contribution in [1.29, 1.82) is 0 Å². The fraction of sp³-hybridized carbons (Fsp3) is 0.353. The number of nitrogens with zero attached hydrogens (tertiary/aromatic N) is 1. The van der Waals surface area contributed by atoms with E-state index >= 15 is 0 Å². The molecule has 0 unspecified atom stereocenters. The topological polar surface area (TPSA) is 46.5 Å². The van der Waals surface area contributed by atoms with Gasteiger partial charge in [0.15, 0.2) is 0 Å². The fourth-order valence-corrected chi connectivity index (χ4v) is 3.03. The normalized spacial score (nSPS) is 20.6. The SMILES string of the molecule is O=C1C=C(c2ccccc2)C(C2CCCCC2)=NC1=O. The highest BCUT2D eigenvalue weighted by Gasteiger charge is 2.29. The third-order valence-corrected chi connectivity index (χ3v) is 4.06. The molecule has 0 radical (unpaired) electrons. The molecule has 1 aliphatic heterocycles. The van der Waals surface area contributed by atoms with Gasteiger partial charge < -0.3 is 0 Å². The summed E-state index contributed by atoms with van der Waals surface area (Å²) >= 11 is 0. The molecule has 1 aromatic carbocycles. The van der Waals surface area contributed by atoms with Crippen molar-refractivity contribution >= 4 is 23.0 Å². The van der Waals surface area contributed by atoms with Gasteiger partial charge in [-0.1, -0.05) is 49.6 Å². The van der Waals surface area contributed by atoms with Crippen molar-refractivity contribution in [2.24, 2.45) is 10.9 Å². The van der Waals surface area contributed by atoms with Gasteiger partial charge in [0.2, 0.25) is 5.78 Å². The molecule has 0 bridgehead atoms. The van der Waals surface area contributed by atoms with Crippen LogP contribution in [0.2, 0.25) is 0 Å². The van der Waals surface area contributed by atoms with Gasteiger partial charge in [0.05, 0.1) is 5.71 Å². The lowest BCUT2D eigenvalue weighted by molar-refractivity contribution is -0.133. The van der Waals surface area contributed by atoms with Crippen molar-refractivity contribution in [2.45, 2.75) is 32.1 Å². The summed E-state index contributed by atoms with van der Waals surface area (Å²) in [5.74, 6) is -0.819. The molecule has 0 spiro atoms. The molecule has 1 aromatic rings. The predicted molar refractivity (Wildman–Crippen MR) is 78.4 cm³/mol. The number of rotatable bonds is 2. The maximum absolute atomic E-state index is 11.7. The van der Waals surface area contributed by atoms with E-state index in [0.29, 0.717) is 5.92 Å². The van der Waals surface area contributed by atoms with E-state index in [1.165, 1.54) is 25.3 Å². The molecule has 3 nitrogen and oxygen atoms in total. The molecule has 2 aliphatic rings. The molecule has 1 fully saturated rings. The Hall–Kier alpha value is -2.03. The summed E-state index contributed by atoms with van der Waals surface area (Å²) in [7, 11) is 0. The first-order chi connectivity index (χ1) is 9.75. The first kappa shape index (κ1) is 13.0. The molecule has 0 aromatic heterocycles. The van der Waals surface area contributed by atoms with Gasteiger partial charge in [-0.25, -0.2) is 4.99 Å². The van der Waals surface area contributed by atoms with Crippen LogP contribution in [-0.4, -0.2) is 17.4 Å². The first-order valence-electron chi connectivity index (χ1n) is 7.20. The number of dihydropyridines is 1. The van der Waals surface area contributed by atoms with Crippen LogP contribution in [0.1, 0.15) is 37.7 Å². The maximum Gasteiger partial charge on any atom is 0.317 e. The summed E-state index contributed by atoms with van der Waals surface area (Å²) in [6, 6.07) is 9.75. The monoisotopic (exact) mass is 267 g/mol. The Morgan fingerprint density at radius 2 is 1.65 bits per heavy atom. The Morgan fingerprint density at radius 3 is 2.35 bits per heavy atom. The van der Waals surface area contributed by atoms with Gasteiger partial charge in [0, 0.05) is 17.6 Å². The summed E-state index contributed by atoms with van der Waals surface area (Å²) in [5, 5.41) is 0. The number of hydrogen-bond donors (Lipinski definition) is 0. The Bertz CT molecular complexity index is 593. The Labute approximate surface area is 118 Å². The van der Waals surface area contributed by atoms with E-state index in [9.17, 15) is 9.59 Å². The van der Waals surface area contributed by atoms with Crippen LogP contribution in [0.15, 0.2) is 41.4 Å². The summed E-state index contributed by atoms with van der Waals surface area (Å²) in [5.41, 5.74) is 2.63. The van der Waals surface area contributed by atoms with Crippen LogP contribution in [0.4, 0.5) is 0 Å². The first-order valence-corrected chi connectivity index (χ1v) is 7.20. The summed E-state index contributed by atoms with van der Waals surface area (Å²) in [4.78, 5) is 27.4. The smallest absolute Gasteiger partial charge is 0.284 e. The Morgan fingerprint density at radius 1 is 0.950 bits per heavy atom. The summed E-state index contributed by atoms with van der Waals surface area (Å²) in [6.45, 7) is 0. The molecule has 3 heteroatoms. The van der Waals surface area contributed by atoms with E-state index in [4.69, 9.17) is 0 Å². The highest BCUT2D eigenvalue weighted by atomic mass is 16.2. The van der Waals surface area contributed by atoms with Crippen LogP contribution >= 0.6 is 0 Å². The molecule has 0 atom stereocenters. The lowest BCUT2D eigenvalue weighted by Gasteiger charge is -2.26. The zero-order valence-corrected chi connectivity index (χ0v) is 11.3. The zero-order chi connectivity index (χ0) is 13.9. The average molecular weight is 267 g/mol. The minimum Gasteiger partial charge on any atom is -0.284 e. The minimum absolute atomic E-state index is 0.312. The third-order valence-electron chi connectivity index (χ3n) is 4.06. The molecule has 1 heterocycles. The second-order valence-corrected chi connectivity index (χ2v) is 5.43. The van der Waals surface area contributed by atoms with Crippen LogP contribution in [0.25, 0.3) is 5.57 Å². The van der Waals surface area contributed by atoms with Crippen molar-refractivity contribution in [2.75, 3.05) is 0 Å². The second-order valence-electron chi connectivity index (χ2n) is 5.43. The van der Waals surface area contributed by atoms with Crippen molar-refractivity contribution in [1.82, 2.24) is 0 Å². The van der Waals surface area contributed by atoms with Crippen LogP contribution < -0.4 is 0 Å². The van der Waals surface area contributed by atoms with E-state index < -0.39 is 11.7 Å². The van der Waals surface area contributed by atoms with Crippen LogP contribution in [0.3, 0.4) is 0 Å². The van der Waals surface area contributed by atoms with Gasteiger partial charge in [0.1, 0.15) is 0 Å². The quantitative estimate of drug-likeness (QED) is 0.772. The van der Waals surface area contributed by atoms with Crippen molar-refractivity contribution < 1.29 is 9.59 Å². The largest absolute Gasteiger partial charge is 0.317 e. The highest BCUT2D eigenvalue weighted by molar-refractivity contribution is 6.50. The molecular formula is C17H17NO2. The number of ketones is 1. The van der Waals surface area contributed by atoms with E-state index in [-0.39, 0.29) is 0 Å². The van der Waals surface area contributed by atoms with E-state index in [1.54, 1.807) is 0 Å². The maximum atomic E-state index is 11.7. The number of benzene rings is 1.